The van der Waals surface area contributed by atoms with E-state index in [9.17, 15) is 0 Å². The van der Waals surface area contributed by atoms with Gasteiger partial charge in [-0.2, -0.15) is 0 Å². The molecule has 0 atom stereocenters. The maximum atomic E-state index is 6.06. The topological polar surface area (TPSA) is 57.4 Å². The summed E-state index contributed by atoms with van der Waals surface area (Å²) < 4.78 is 0. The van der Waals surface area contributed by atoms with Gasteiger partial charge in [-0.25, -0.2) is 9.97 Å². The molecule has 5 heterocycles. The number of H-pyrrole nitrogens is 2. The zero-order valence-corrected chi connectivity index (χ0v) is 23.3. The van der Waals surface area contributed by atoms with Crippen molar-refractivity contribution in [2.24, 2.45) is 0 Å². The van der Waals surface area contributed by atoms with Crippen LogP contribution in [0.15, 0.2) is 24.3 Å². The van der Waals surface area contributed by atoms with E-state index in [-0.39, 0.29) is 0 Å². The molecule has 0 fully saturated rings. The van der Waals surface area contributed by atoms with Gasteiger partial charge in [0.1, 0.15) is 0 Å². The molecular weight excluding hydrogens is 488 g/mol. The highest BCUT2D eigenvalue weighted by molar-refractivity contribution is 6.06. The summed E-state index contributed by atoms with van der Waals surface area (Å²) in [7, 11) is 0. The molecule has 40 heavy (non-hydrogen) atoms. The predicted octanol–water partition coefficient (Wildman–Crippen LogP) is 7.11. The SMILES string of the molecule is C#CC1=C(C#C)c2cc3[nH]c(cc4[nH]c(cc5nc(cc1n2)C(CC)=C5C#C)c(C#C)c4CC)c(CC)c3CC. The molecule has 3 aromatic heterocycles. The van der Waals surface area contributed by atoms with Crippen LogP contribution in [0.1, 0.15) is 79.1 Å². The van der Waals surface area contributed by atoms with Crippen LogP contribution >= 0.6 is 0 Å². The fourth-order valence-corrected chi connectivity index (χ4v) is 5.84. The normalized spacial score (nSPS) is 12.6. The van der Waals surface area contributed by atoms with Crippen molar-refractivity contribution >= 4 is 44.4 Å². The fraction of sp³-hybridized carbons (Fsp3) is 0.222. The molecule has 0 spiro atoms. The van der Waals surface area contributed by atoms with Crippen LogP contribution in [-0.2, 0) is 19.3 Å². The molecule has 5 rings (SSSR count). The van der Waals surface area contributed by atoms with Gasteiger partial charge in [0.25, 0.3) is 0 Å². The number of fused-ring (bicyclic) bond motifs is 8. The second-order valence-corrected chi connectivity index (χ2v) is 9.65. The number of nitrogens with zero attached hydrogens (tertiary/aromatic N) is 2. The van der Waals surface area contributed by atoms with Crippen molar-refractivity contribution in [1.29, 1.82) is 0 Å². The Bertz CT molecular complexity index is 1980. The zero-order valence-electron chi connectivity index (χ0n) is 23.3. The van der Waals surface area contributed by atoms with Crippen LogP contribution in [0.3, 0.4) is 0 Å². The van der Waals surface area contributed by atoms with Crippen molar-refractivity contribution in [3.8, 4) is 49.4 Å². The monoisotopic (exact) mass is 518 g/mol. The van der Waals surface area contributed by atoms with E-state index in [1.807, 2.05) is 18.2 Å². The molecule has 194 valence electrons. The Hall–Kier alpha value is -5.16. The van der Waals surface area contributed by atoms with Crippen molar-refractivity contribution in [2.45, 2.75) is 53.4 Å². The van der Waals surface area contributed by atoms with E-state index in [1.165, 1.54) is 11.1 Å². The Labute approximate surface area is 236 Å². The number of nitrogens with one attached hydrogen (secondary N) is 2. The first-order valence-corrected chi connectivity index (χ1v) is 13.6. The Morgan fingerprint density at radius 3 is 1.55 bits per heavy atom. The Balaban J connectivity index is 2.07. The predicted molar refractivity (Wildman–Crippen MR) is 167 cm³/mol. The summed E-state index contributed by atoms with van der Waals surface area (Å²) in [4.78, 5) is 17.1. The minimum Gasteiger partial charge on any atom is -0.355 e. The summed E-state index contributed by atoms with van der Waals surface area (Å²) in [5, 5.41) is 0. The Morgan fingerprint density at radius 1 is 0.525 bits per heavy atom. The van der Waals surface area contributed by atoms with E-state index < -0.39 is 0 Å². The van der Waals surface area contributed by atoms with Crippen molar-refractivity contribution < 1.29 is 0 Å². The second-order valence-electron chi connectivity index (χ2n) is 9.65. The van der Waals surface area contributed by atoms with Gasteiger partial charge < -0.3 is 9.97 Å². The van der Waals surface area contributed by atoms with Gasteiger partial charge in [-0.1, -0.05) is 51.4 Å². The average Bonchev–Trinajstić information content (AvgIpc) is 3.67. The zero-order chi connectivity index (χ0) is 28.6. The first-order valence-electron chi connectivity index (χ1n) is 13.6. The molecule has 0 radical (unpaired) electrons. The van der Waals surface area contributed by atoms with Gasteiger partial charge >= 0.3 is 0 Å². The maximum Gasteiger partial charge on any atom is 0.0828 e. The summed E-state index contributed by atoms with van der Waals surface area (Å²) in [6, 6.07) is 8.00. The van der Waals surface area contributed by atoms with Gasteiger partial charge in [-0.15, -0.1) is 25.7 Å². The molecule has 0 amide bonds. The quantitative estimate of drug-likeness (QED) is 0.362. The molecule has 2 aliphatic heterocycles. The molecule has 0 aromatic carbocycles. The number of hydrogen-bond donors (Lipinski definition) is 2. The third kappa shape index (κ3) is 4.03. The lowest BCUT2D eigenvalue weighted by atomic mass is 10.0. The lowest BCUT2D eigenvalue weighted by molar-refractivity contribution is 1.07. The van der Waals surface area contributed by atoms with Crippen LogP contribution in [0, 0.1) is 49.4 Å². The lowest BCUT2D eigenvalue weighted by Gasteiger charge is -1.99. The molecule has 0 saturated heterocycles. The Kier molecular flexibility index (Phi) is 6.97. The Morgan fingerprint density at radius 2 is 1.00 bits per heavy atom. The van der Waals surface area contributed by atoms with Gasteiger partial charge in [0.15, 0.2) is 0 Å². The van der Waals surface area contributed by atoms with E-state index in [4.69, 9.17) is 35.7 Å². The number of hydrogen-bond acceptors (Lipinski definition) is 2. The highest BCUT2D eigenvalue weighted by Crippen LogP contribution is 2.36. The average molecular weight is 519 g/mol. The first kappa shape index (κ1) is 26.4. The van der Waals surface area contributed by atoms with Gasteiger partial charge in [0.05, 0.1) is 50.6 Å². The molecule has 8 bridgehead atoms. The molecule has 2 aliphatic rings. The van der Waals surface area contributed by atoms with Crippen molar-refractivity contribution in [2.75, 3.05) is 0 Å². The summed E-state index contributed by atoms with van der Waals surface area (Å²) in [6.45, 7) is 8.48. The van der Waals surface area contributed by atoms with Crippen LogP contribution in [-0.4, -0.2) is 19.9 Å². The lowest BCUT2D eigenvalue weighted by Crippen LogP contribution is -1.86. The van der Waals surface area contributed by atoms with E-state index in [2.05, 4.69) is 67.4 Å². The number of aryl methyl sites for hydroxylation is 3. The molecule has 4 nitrogen and oxygen atoms in total. The molecule has 4 heteroatoms. The van der Waals surface area contributed by atoms with Gasteiger partial charge in [0, 0.05) is 16.6 Å². The van der Waals surface area contributed by atoms with Crippen LogP contribution in [0.25, 0.3) is 44.4 Å². The number of allylic oxidation sites excluding steroid dienone is 4. The van der Waals surface area contributed by atoms with Gasteiger partial charge in [-0.3, -0.25) is 0 Å². The fourth-order valence-electron chi connectivity index (χ4n) is 5.84. The number of aromatic amines is 2. The van der Waals surface area contributed by atoms with Crippen LogP contribution in [0.4, 0.5) is 0 Å². The molecule has 2 N–H and O–H groups in total. The van der Waals surface area contributed by atoms with E-state index >= 15 is 0 Å². The third-order valence-corrected chi connectivity index (χ3v) is 7.68. The van der Waals surface area contributed by atoms with Crippen molar-refractivity contribution in [3.05, 3.63) is 69.3 Å². The molecule has 0 aliphatic carbocycles. The van der Waals surface area contributed by atoms with Crippen LogP contribution in [0.5, 0.6) is 0 Å². The maximum absolute atomic E-state index is 6.06. The highest BCUT2D eigenvalue weighted by atomic mass is 14.8. The van der Waals surface area contributed by atoms with E-state index in [0.717, 1.165) is 69.3 Å². The smallest absolute Gasteiger partial charge is 0.0828 e. The van der Waals surface area contributed by atoms with Crippen molar-refractivity contribution in [3.63, 3.8) is 0 Å². The molecule has 0 unspecified atom stereocenters. The van der Waals surface area contributed by atoms with Gasteiger partial charge in [0.2, 0.25) is 0 Å². The largest absolute Gasteiger partial charge is 0.355 e. The highest BCUT2D eigenvalue weighted by Gasteiger charge is 2.22. The van der Waals surface area contributed by atoms with Crippen molar-refractivity contribution in [1.82, 2.24) is 19.9 Å². The minimum absolute atomic E-state index is 0.568. The summed E-state index contributed by atoms with van der Waals surface area (Å²) >= 11 is 0. The summed E-state index contributed by atoms with van der Waals surface area (Å²) in [5.74, 6) is 11.3. The third-order valence-electron chi connectivity index (χ3n) is 7.68. The van der Waals surface area contributed by atoms with Crippen LogP contribution < -0.4 is 0 Å². The first-order chi connectivity index (χ1) is 19.5. The summed E-state index contributed by atoms with van der Waals surface area (Å²) in [6.07, 6.45) is 27.2. The van der Waals surface area contributed by atoms with E-state index in [1.54, 1.807) is 0 Å². The molecule has 0 saturated carbocycles. The van der Waals surface area contributed by atoms with E-state index in [0.29, 0.717) is 34.6 Å². The molecular formula is C36H30N4. The number of aromatic nitrogens is 4. The second kappa shape index (κ2) is 10.5. The van der Waals surface area contributed by atoms with Crippen LogP contribution in [0.2, 0.25) is 0 Å². The summed E-state index contributed by atoms with van der Waals surface area (Å²) in [5.41, 5.74) is 13.6. The number of terminal acetylenes is 4. The van der Waals surface area contributed by atoms with Gasteiger partial charge in [-0.05, 0) is 72.2 Å². The molecule has 3 aromatic rings. The standard InChI is InChI=1S/C36H30N4/c1-9-21-22(10-2)30-18-32-25(13-5)26(14-6)34(39-32)20-36-28(16-8)27(15-7)35(40-36)19-33-24(12-4)23(11-3)31(38-33)17-29(21)37-30/h1-2,4,7,17-20,39-40H,11,13-14,16H2,3,5-6,8H3. The minimum atomic E-state index is 0.568. The number of rotatable bonds is 4.